The Morgan fingerprint density at radius 1 is 1.10 bits per heavy atom. The normalized spacial score (nSPS) is 21.7. The SMILES string of the molecule is CC1CN(c2ccc(NC(=O)CN(Cc3ccccc3F)C3CC3)cc2)CC(C)O1. The minimum Gasteiger partial charge on any atom is -0.372 e. The molecule has 1 aliphatic heterocycles. The smallest absolute Gasteiger partial charge is 0.238 e. The fourth-order valence-electron chi connectivity index (χ4n) is 4.13. The molecule has 1 saturated carbocycles. The third-order valence-corrected chi connectivity index (χ3v) is 5.68. The summed E-state index contributed by atoms with van der Waals surface area (Å²) in [5.41, 5.74) is 2.55. The molecule has 1 saturated heterocycles. The van der Waals surface area contributed by atoms with Gasteiger partial charge in [-0.15, -0.1) is 0 Å². The van der Waals surface area contributed by atoms with E-state index in [4.69, 9.17) is 4.74 Å². The second-order valence-corrected chi connectivity index (χ2v) is 8.48. The van der Waals surface area contributed by atoms with Crippen molar-refractivity contribution in [3.05, 3.63) is 59.9 Å². The van der Waals surface area contributed by atoms with Crippen molar-refractivity contribution in [2.75, 3.05) is 29.9 Å². The lowest BCUT2D eigenvalue weighted by Gasteiger charge is -2.36. The Morgan fingerprint density at radius 3 is 2.40 bits per heavy atom. The van der Waals surface area contributed by atoms with Gasteiger partial charge in [0.05, 0.1) is 18.8 Å². The summed E-state index contributed by atoms with van der Waals surface area (Å²) in [5.74, 6) is -0.287. The van der Waals surface area contributed by atoms with Crippen LogP contribution in [0.2, 0.25) is 0 Å². The first-order valence-electron chi connectivity index (χ1n) is 10.8. The third kappa shape index (κ3) is 5.37. The number of carbonyl (C=O) groups excluding carboxylic acids is 1. The summed E-state index contributed by atoms with van der Waals surface area (Å²) in [6, 6.07) is 15.1. The van der Waals surface area contributed by atoms with Gasteiger partial charge in [0.15, 0.2) is 0 Å². The number of nitrogens with zero attached hydrogens (tertiary/aromatic N) is 2. The van der Waals surface area contributed by atoms with E-state index in [2.05, 4.69) is 29.0 Å². The van der Waals surface area contributed by atoms with Crippen LogP contribution in [0, 0.1) is 5.82 Å². The van der Waals surface area contributed by atoms with Crippen molar-refractivity contribution in [2.24, 2.45) is 0 Å². The van der Waals surface area contributed by atoms with Gasteiger partial charge in [-0.05, 0) is 57.0 Å². The summed E-state index contributed by atoms with van der Waals surface area (Å²) in [6.45, 7) is 6.62. The van der Waals surface area contributed by atoms with Gasteiger partial charge in [-0.2, -0.15) is 0 Å². The highest BCUT2D eigenvalue weighted by atomic mass is 19.1. The molecule has 2 unspecified atom stereocenters. The van der Waals surface area contributed by atoms with E-state index in [0.29, 0.717) is 18.2 Å². The van der Waals surface area contributed by atoms with Crippen LogP contribution in [-0.2, 0) is 16.1 Å². The molecule has 160 valence electrons. The molecule has 0 aromatic heterocycles. The molecule has 0 bridgehead atoms. The zero-order valence-electron chi connectivity index (χ0n) is 17.7. The van der Waals surface area contributed by atoms with E-state index in [1.807, 2.05) is 30.3 Å². The van der Waals surface area contributed by atoms with Gasteiger partial charge in [-0.1, -0.05) is 18.2 Å². The molecule has 2 aromatic carbocycles. The van der Waals surface area contributed by atoms with E-state index < -0.39 is 0 Å². The highest BCUT2D eigenvalue weighted by Gasteiger charge is 2.30. The summed E-state index contributed by atoms with van der Waals surface area (Å²) in [4.78, 5) is 17.0. The first-order valence-corrected chi connectivity index (χ1v) is 10.8. The van der Waals surface area contributed by atoms with Crippen molar-refractivity contribution in [3.8, 4) is 0 Å². The van der Waals surface area contributed by atoms with E-state index in [-0.39, 0.29) is 30.5 Å². The van der Waals surface area contributed by atoms with E-state index in [1.165, 1.54) is 6.07 Å². The number of carbonyl (C=O) groups is 1. The van der Waals surface area contributed by atoms with Crippen LogP contribution in [0.25, 0.3) is 0 Å². The highest BCUT2D eigenvalue weighted by Crippen LogP contribution is 2.29. The van der Waals surface area contributed by atoms with E-state index >= 15 is 0 Å². The van der Waals surface area contributed by atoms with Gasteiger partial charge in [0.1, 0.15) is 5.82 Å². The molecule has 1 aliphatic carbocycles. The molecule has 6 heteroatoms. The molecule has 5 nitrogen and oxygen atoms in total. The van der Waals surface area contributed by atoms with Crippen LogP contribution in [0.5, 0.6) is 0 Å². The first kappa shape index (κ1) is 20.8. The van der Waals surface area contributed by atoms with E-state index in [9.17, 15) is 9.18 Å². The number of hydrogen-bond acceptors (Lipinski definition) is 4. The molecular weight excluding hydrogens is 381 g/mol. The van der Waals surface area contributed by atoms with Crippen LogP contribution in [-0.4, -0.2) is 48.7 Å². The molecule has 4 rings (SSSR count). The number of amides is 1. The molecule has 30 heavy (non-hydrogen) atoms. The number of halogens is 1. The zero-order chi connectivity index (χ0) is 21.1. The molecular formula is C24H30FN3O2. The summed E-state index contributed by atoms with van der Waals surface area (Å²) in [5, 5.41) is 2.99. The Bertz CT molecular complexity index is 859. The summed E-state index contributed by atoms with van der Waals surface area (Å²) >= 11 is 0. The third-order valence-electron chi connectivity index (χ3n) is 5.68. The summed E-state index contributed by atoms with van der Waals surface area (Å²) in [7, 11) is 0. The van der Waals surface area contributed by atoms with Gasteiger partial charge in [0, 0.05) is 42.6 Å². The standard InChI is InChI=1S/C24H30FN3O2/c1-17-13-27(14-18(2)30-17)21-9-7-20(8-10-21)26-24(29)16-28(22-11-12-22)15-19-5-3-4-6-23(19)25/h3-10,17-18,22H,11-16H2,1-2H3,(H,26,29). The Balaban J connectivity index is 1.34. The first-order chi connectivity index (χ1) is 14.5. The molecule has 2 fully saturated rings. The lowest BCUT2D eigenvalue weighted by Crippen LogP contribution is -2.45. The van der Waals surface area contributed by atoms with Gasteiger partial charge >= 0.3 is 0 Å². The number of rotatable bonds is 7. The van der Waals surface area contributed by atoms with Crippen molar-refractivity contribution in [3.63, 3.8) is 0 Å². The van der Waals surface area contributed by atoms with Gasteiger partial charge in [0.25, 0.3) is 0 Å². The average Bonchev–Trinajstić information content (AvgIpc) is 3.54. The van der Waals surface area contributed by atoms with Crippen LogP contribution < -0.4 is 10.2 Å². The number of benzene rings is 2. The van der Waals surface area contributed by atoms with Gasteiger partial charge < -0.3 is 15.0 Å². The van der Waals surface area contributed by atoms with Crippen LogP contribution >= 0.6 is 0 Å². The van der Waals surface area contributed by atoms with Crippen LogP contribution in [0.4, 0.5) is 15.8 Å². The Labute approximate surface area is 177 Å². The molecule has 0 spiro atoms. The van der Waals surface area contributed by atoms with Crippen LogP contribution in [0.3, 0.4) is 0 Å². The second-order valence-electron chi connectivity index (χ2n) is 8.48. The minimum atomic E-state index is -0.217. The Hall–Kier alpha value is -2.44. The predicted octanol–water partition coefficient (Wildman–Crippen LogP) is 4.04. The van der Waals surface area contributed by atoms with Crippen molar-refractivity contribution in [1.82, 2.24) is 4.90 Å². The van der Waals surface area contributed by atoms with Crippen molar-refractivity contribution in [2.45, 2.75) is 51.5 Å². The molecule has 1 heterocycles. The molecule has 2 aromatic rings. The fraction of sp³-hybridized carbons (Fsp3) is 0.458. The molecule has 1 amide bonds. The molecule has 0 radical (unpaired) electrons. The maximum atomic E-state index is 14.0. The fourth-order valence-corrected chi connectivity index (χ4v) is 4.13. The molecule has 1 N–H and O–H groups in total. The lowest BCUT2D eigenvalue weighted by molar-refractivity contribution is -0.117. The highest BCUT2D eigenvalue weighted by molar-refractivity contribution is 5.92. The Morgan fingerprint density at radius 2 is 1.77 bits per heavy atom. The quantitative estimate of drug-likeness (QED) is 0.747. The monoisotopic (exact) mass is 411 g/mol. The van der Waals surface area contributed by atoms with Crippen molar-refractivity contribution in [1.29, 1.82) is 0 Å². The van der Waals surface area contributed by atoms with Gasteiger partial charge in [-0.25, -0.2) is 4.39 Å². The zero-order valence-corrected chi connectivity index (χ0v) is 17.7. The van der Waals surface area contributed by atoms with Gasteiger partial charge in [0.2, 0.25) is 5.91 Å². The maximum Gasteiger partial charge on any atom is 0.238 e. The number of morpholine rings is 1. The molecule has 2 aliphatic rings. The number of anilines is 2. The molecule has 2 atom stereocenters. The number of nitrogens with one attached hydrogen (secondary N) is 1. The van der Waals surface area contributed by atoms with Crippen molar-refractivity contribution < 1.29 is 13.9 Å². The van der Waals surface area contributed by atoms with Crippen molar-refractivity contribution >= 4 is 17.3 Å². The number of hydrogen-bond donors (Lipinski definition) is 1. The summed E-state index contributed by atoms with van der Waals surface area (Å²) in [6.07, 6.45) is 2.53. The van der Waals surface area contributed by atoms with E-state index in [0.717, 1.165) is 37.3 Å². The average molecular weight is 412 g/mol. The Kier molecular flexibility index (Phi) is 6.35. The predicted molar refractivity (Wildman–Crippen MR) is 117 cm³/mol. The lowest BCUT2D eigenvalue weighted by atomic mass is 10.2. The summed E-state index contributed by atoms with van der Waals surface area (Å²) < 4.78 is 19.8. The number of ether oxygens (including phenoxy) is 1. The maximum absolute atomic E-state index is 14.0. The van der Waals surface area contributed by atoms with Crippen LogP contribution in [0.1, 0.15) is 32.3 Å². The second kappa shape index (κ2) is 9.14. The largest absolute Gasteiger partial charge is 0.372 e. The topological polar surface area (TPSA) is 44.8 Å². The van der Waals surface area contributed by atoms with Gasteiger partial charge in [-0.3, -0.25) is 9.69 Å². The van der Waals surface area contributed by atoms with Crippen LogP contribution in [0.15, 0.2) is 48.5 Å². The minimum absolute atomic E-state index is 0.0698. The van der Waals surface area contributed by atoms with E-state index in [1.54, 1.807) is 12.1 Å².